The van der Waals surface area contributed by atoms with Gasteiger partial charge in [-0.05, 0) is 55.2 Å². The number of Topliss-reactive ketones (excluding diaryl/α,β-unsaturated/α-hetero) is 2. The number of hydrogen-bond acceptors (Lipinski definition) is 4. The summed E-state index contributed by atoms with van der Waals surface area (Å²) in [5.74, 6) is 1.07. The lowest BCUT2D eigenvalue weighted by Crippen LogP contribution is -2.19. The number of aryl methyl sites for hydroxylation is 1. The first-order valence-corrected chi connectivity index (χ1v) is 8.77. The van der Waals surface area contributed by atoms with Gasteiger partial charge >= 0.3 is 0 Å². The van der Waals surface area contributed by atoms with Crippen LogP contribution in [0.15, 0.2) is 34.9 Å². The van der Waals surface area contributed by atoms with Crippen LogP contribution in [0.3, 0.4) is 0 Å². The van der Waals surface area contributed by atoms with E-state index in [-0.39, 0.29) is 17.5 Å². The SMILES string of the molecule is CN(C)/C=C(/C(=O)c1ccc2c(c1)CCCS2)C(=O)C1CC1. The van der Waals surface area contributed by atoms with Crippen molar-refractivity contribution < 1.29 is 9.59 Å². The van der Waals surface area contributed by atoms with Crippen molar-refractivity contribution in [2.45, 2.75) is 30.6 Å². The third kappa shape index (κ3) is 3.27. The van der Waals surface area contributed by atoms with Crippen LogP contribution in [-0.4, -0.2) is 36.3 Å². The Morgan fingerprint density at radius 1 is 1.27 bits per heavy atom. The molecule has 1 aromatic rings. The fraction of sp³-hybridized carbons (Fsp3) is 0.444. The van der Waals surface area contributed by atoms with Crippen LogP contribution in [0, 0.1) is 5.92 Å². The molecular formula is C18H21NO2S. The summed E-state index contributed by atoms with van der Waals surface area (Å²) in [6.07, 6.45) is 5.68. The maximum atomic E-state index is 12.8. The average molecular weight is 315 g/mol. The number of fused-ring (bicyclic) bond motifs is 1. The lowest BCUT2D eigenvalue weighted by molar-refractivity contribution is -0.116. The molecule has 0 saturated heterocycles. The Labute approximate surface area is 135 Å². The molecule has 2 aliphatic rings. The highest BCUT2D eigenvalue weighted by atomic mass is 32.2. The summed E-state index contributed by atoms with van der Waals surface area (Å²) in [6.45, 7) is 0. The fourth-order valence-electron chi connectivity index (χ4n) is 2.71. The number of nitrogens with zero attached hydrogens (tertiary/aromatic N) is 1. The molecule has 1 saturated carbocycles. The fourth-order valence-corrected chi connectivity index (χ4v) is 3.73. The molecule has 3 nitrogen and oxygen atoms in total. The molecule has 0 spiro atoms. The zero-order chi connectivity index (χ0) is 15.7. The highest BCUT2D eigenvalue weighted by Gasteiger charge is 2.35. The summed E-state index contributed by atoms with van der Waals surface area (Å²) in [6, 6.07) is 5.87. The van der Waals surface area contributed by atoms with Crippen LogP contribution in [0.4, 0.5) is 0 Å². The Bertz CT molecular complexity index is 644. The van der Waals surface area contributed by atoms with Crippen LogP contribution in [0.2, 0.25) is 0 Å². The first-order valence-electron chi connectivity index (χ1n) is 7.79. The van der Waals surface area contributed by atoms with Gasteiger partial charge < -0.3 is 4.90 Å². The second-order valence-electron chi connectivity index (χ2n) is 6.25. The molecule has 1 aliphatic carbocycles. The third-order valence-electron chi connectivity index (χ3n) is 4.02. The molecule has 0 atom stereocenters. The maximum Gasteiger partial charge on any atom is 0.198 e. The van der Waals surface area contributed by atoms with Gasteiger partial charge in [0.2, 0.25) is 0 Å². The van der Waals surface area contributed by atoms with Gasteiger partial charge in [-0.25, -0.2) is 0 Å². The molecule has 3 rings (SSSR count). The van der Waals surface area contributed by atoms with Crippen molar-refractivity contribution in [1.82, 2.24) is 4.90 Å². The number of ketones is 2. The van der Waals surface area contributed by atoms with Crippen LogP contribution >= 0.6 is 11.8 Å². The second kappa shape index (κ2) is 6.29. The third-order valence-corrected chi connectivity index (χ3v) is 5.22. The summed E-state index contributed by atoms with van der Waals surface area (Å²) in [4.78, 5) is 28.3. The molecule has 1 aromatic carbocycles. The molecule has 1 aliphatic heterocycles. The Kier molecular flexibility index (Phi) is 4.39. The lowest BCUT2D eigenvalue weighted by atomic mass is 9.96. The van der Waals surface area contributed by atoms with E-state index in [9.17, 15) is 9.59 Å². The van der Waals surface area contributed by atoms with Gasteiger partial charge in [-0.2, -0.15) is 0 Å². The lowest BCUT2D eigenvalue weighted by Gasteiger charge is -2.16. The van der Waals surface area contributed by atoms with Crippen LogP contribution < -0.4 is 0 Å². The minimum Gasteiger partial charge on any atom is -0.383 e. The van der Waals surface area contributed by atoms with E-state index < -0.39 is 0 Å². The normalized spacial score (nSPS) is 17.8. The van der Waals surface area contributed by atoms with Crippen molar-refractivity contribution in [3.8, 4) is 0 Å². The predicted molar refractivity (Wildman–Crippen MR) is 89.3 cm³/mol. The summed E-state index contributed by atoms with van der Waals surface area (Å²) in [5, 5.41) is 0. The van der Waals surface area contributed by atoms with Crippen LogP contribution in [-0.2, 0) is 11.2 Å². The largest absolute Gasteiger partial charge is 0.383 e. The zero-order valence-electron chi connectivity index (χ0n) is 13.1. The second-order valence-corrected chi connectivity index (χ2v) is 7.39. The van der Waals surface area contributed by atoms with Gasteiger partial charge in [0, 0.05) is 36.7 Å². The van der Waals surface area contributed by atoms with Crippen molar-refractivity contribution in [1.29, 1.82) is 0 Å². The van der Waals surface area contributed by atoms with Gasteiger partial charge in [0.25, 0.3) is 0 Å². The molecule has 1 fully saturated rings. The number of carbonyl (C=O) groups is 2. The number of carbonyl (C=O) groups excluding carboxylic acids is 2. The standard InChI is InChI=1S/C18H21NO2S/c1-19(2)11-15(17(20)12-5-6-12)18(21)14-7-8-16-13(10-14)4-3-9-22-16/h7-8,10-12H,3-6,9H2,1-2H3/b15-11+. The van der Waals surface area contributed by atoms with Crippen LogP contribution in [0.5, 0.6) is 0 Å². The van der Waals surface area contributed by atoms with Gasteiger partial charge in [0.05, 0.1) is 5.57 Å². The average Bonchev–Trinajstić information content (AvgIpc) is 3.35. The van der Waals surface area contributed by atoms with Crippen molar-refractivity contribution in [3.63, 3.8) is 0 Å². The van der Waals surface area contributed by atoms with Gasteiger partial charge in [-0.3, -0.25) is 9.59 Å². The van der Waals surface area contributed by atoms with E-state index in [4.69, 9.17) is 0 Å². The Hall–Kier alpha value is -1.55. The minimum atomic E-state index is -0.135. The molecule has 0 radical (unpaired) electrons. The van der Waals surface area contributed by atoms with Crippen molar-refractivity contribution in [2.75, 3.05) is 19.8 Å². The van der Waals surface area contributed by atoms with Gasteiger partial charge in [0.1, 0.15) is 0 Å². The topological polar surface area (TPSA) is 37.4 Å². The van der Waals surface area contributed by atoms with Gasteiger partial charge in [0.15, 0.2) is 11.6 Å². The Balaban J connectivity index is 1.91. The van der Waals surface area contributed by atoms with Crippen LogP contribution in [0.1, 0.15) is 35.2 Å². The number of benzene rings is 1. The van der Waals surface area contributed by atoms with E-state index in [0.29, 0.717) is 11.1 Å². The van der Waals surface area contributed by atoms with E-state index in [1.165, 1.54) is 10.5 Å². The first-order chi connectivity index (χ1) is 10.6. The van der Waals surface area contributed by atoms with Crippen LogP contribution in [0.25, 0.3) is 0 Å². The molecule has 0 N–H and O–H groups in total. The smallest absolute Gasteiger partial charge is 0.198 e. The van der Waals surface area contributed by atoms with E-state index >= 15 is 0 Å². The molecule has 0 aromatic heterocycles. The number of thioether (sulfide) groups is 1. The summed E-state index contributed by atoms with van der Waals surface area (Å²) >= 11 is 1.85. The van der Waals surface area contributed by atoms with Crippen molar-refractivity contribution in [2.24, 2.45) is 5.92 Å². The highest BCUT2D eigenvalue weighted by Crippen LogP contribution is 2.34. The number of allylic oxidation sites excluding steroid dienone is 1. The van der Waals surface area contributed by atoms with E-state index in [1.54, 1.807) is 11.1 Å². The maximum absolute atomic E-state index is 12.8. The predicted octanol–water partition coefficient (Wildman–Crippen LogP) is 3.33. The van der Waals surface area contributed by atoms with Crippen molar-refractivity contribution >= 4 is 23.3 Å². The molecule has 22 heavy (non-hydrogen) atoms. The Morgan fingerprint density at radius 2 is 2.05 bits per heavy atom. The first kappa shape index (κ1) is 15.3. The molecular weight excluding hydrogens is 294 g/mol. The summed E-state index contributed by atoms with van der Waals surface area (Å²) in [5.41, 5.74) is 2.21. The molecule has 4 heteroatoms. The summed E-state index contributed by atoms with van der Waals surface area (Å²) < 4.78 is 0. The number of rotatable bonds is 5. The van der Waals surface area contributed by atoms with Crippen molar-refractivity contribution in [3.05, 3.63) is 41.1 Å². The highest BCUT2D eigenvalue weighted by molar-refractivity contribution is 7.99. The van der Waals surface area contributed by atoms with Gasteiger partial charge in [-0.15, -0.1) is 11.8 Å². The van der Waals surface area contributed by atoms with E-state index in [2.05, 4.69) is 0 Å². The van der Waals surface area contributed by atoms with E-state index in [0.717, 1.165) is 31.4 Å². The monoisotopic (exact) mass is 315 g/mol. The van der Waals surface area contributed by atoms with Gasteiger partial charge in [-0.1, -0.05) is 0 Å². The summed E-state index contributed by atoms with van der Waals surface area (Å²) in [7, 11) is 3.69. The molecule has 0 amide bonds. The van der Waals surface area contributed by atoms with E-state index in [1.807, 2.05) is 44.1 Å². The molecule has 0 bridgehead atoms. The zero-order valence-corrected chi connectivity index (χ0v) is 13.9. The number of hydrogen-bond donors (Lipinski definition) is 0. The Morgan fingerprint density at radius 3 is 2.73 bits per heavy atom. The molecule has 116 valence electrons. The minimum absolute atomic E-state index is 0.00537. The molecule has 1 heterocycles. The molecule has 0 unspecified atom stereocenters. The quantitative estimate of drug-likeness (QED) is 0.361.